The van der Waals surface area contributed by atoms with Crippen molar-refractivity contribution < 1.29 is 19.5 Å². The van der Waals surface area contributed by atoms with Crippen LogP contribution in [0.15, 0.2) is 48.0 Å². The topological polar surface area (TPSA) is 86.7 Å². The smallest absolute Gasteiger partial charge is 0.335 e. The third kappa shape index (κ3) is 3.25. The van der Waals surface area contributed by atoms with Crippen LogP contribution in [0.1, 0.15) is 11.1 Å². The van der Waals surface area contributed by atoms with Gasteiger partial charge in [-0.3, -0.25) is 14.9 Å². The normalized spacial score (nSPS) is 16.3. The average molecular weight is 357 g/mol. The molecule has 0 radical (unpaired) electrons. The molecule has 25 heavy (non-hydrogen) atoms. The minimum Gasteiger partial charge on any atom is -0.506 e. The molecule has 2 aromatic rings. The quantitative estimate of drug-likeness (QED) is 0.639. The van der Waals surface area contributed by atoms with E-state index in [2.05, 4.69) is 5.32 Å². The summed E-state index contributed by atoms with van der Waals surface area (Å²) in [5.74, 6) is -1.63. The summed E-state index contributed by atoms with van der Waals surface area (Å²) in [5.41, 5.74) is 1.47. The fourth-order valence-electron chi connectivity index (χ4n) is 2.44. The number of hydrogen-bond acceptors (Lipinski definition) is 4. The van der Waals surface area contributed by atoms with Gasteiger partial charge in [-0.2, -0.15) is 0 Å². The summed E-state index contributed by atoms with van der Waals surface area (Å²) in [6, 6.07) is 10.3. The summed E-state index contributed by atoms with van der Waals surface area (Å²) in [6.07, 6.45) is 1.32. The molecule has 0 unspecified atom stereocenters. The highest BCUT2D eigenvalue weighted by Crippen LogP contribution is 2.26. The lowest BCUT2D eigenvalue weighted by atomic mass is 10.1. The SMILES string of the molecule is Cc1cccc(N2C(=O)NC(=O)/C(=C\c3ccc(O)c(Cl)c3)C2=O)c1. The fourth-order valence-corrected chi connectivity index (χ4v) is 2.63. The molecule has 3 rings (SSSR count). The standard InChI is InChI=1S/C18H13ClN2O4/c1-10-3-2-4-12(7-10)21-17(24)13(16(23)20-18(21)25)8-11-5-6-15(22)14(19)9-11/h2-9,22H,1H3,(H,20,23,25)/b13-8+. The number of nitrogens with one attached hydrogen (secondary N) is 1. The highest BCUT2D eigenvalue weighted by Gasteiger charge is 2.36. The Balaban J connectivity index is 2.03. The van der Waals surface area contributed by atoms with Crippen molar-refractivity contribution in [3.05, 3.63) is 64.2 Å². The van der Waals surface area contributed by atoms with Crippen LogP contribution in [-0.2, 0) is 9.59 Å². The van der Waals surface area contributed by atoms with Gasteiger partial charge in [-0.05, 0) is 48.4 Å². The number of amides is 4. The van der Waals surface area contributed by atoms with Gasteiger partial charge in [0, 0.05) is 0 Å². The first kappa shape index (κ1) is 16.7. The molecule has 1 aliphatic heterocycles. The van der Waals surface area contributed by atoms with Crippen LogP contribution < -0.4 is 10.2 Å². The van der Waals surface area contributed by atoms with Gasteiger partial charge >= 0.3 is 6.03 Å². The number of carbonyl (C=O) groups excluding carboxylic acids is 3. The summed E-state index contributed by atoms with van der Waals surface area (Å²) in [5, 5.41) is 11.7. The Morgan fingerprint density at radius 3 is 2.56 bits per heavy atom. The highest BCUT2D eigenvalue weighted by molar-refractivity contribution is 6.39. The van der Waals surface area contributed by atoms with E-state index in [9.17, 15) is 19.5 Å². The van der Waals surface area contributed by atoms with E-state index in [0.717, 1.165) is 10.5 Å². The third-order valence-corrected chi connectivity index (χ3v) is 3.95. The van der Waals surface area contributed by atoms with E-state index in [1.165, 1.54) is 24.3 Å². The van der Waals surface area contributed by atoms with Gasteiger partial charge in [0.2, 0.25) is 0 Å². The number of benzene rings is 2. The number of phenolic OH excluding ortho intramolecular Hbond substituents is 1. The number of urea groups is 1. The molecule has 1 aliphatic rings. The van der Waals surface area contributed by atoms with Crippen LogP contribution in [0.25, 0.3) is 6.08 Å². The summed E-state index contributed by atoms with van der Waals surface area (Å²) >= 11 is 5.84. The maximum absolute atomic E-state index is 12.7. The molecule has 0 aromatic heterocycles. The zero-order valence-corrected chi connectivity index (χ0v) is 13.9. The molecule has 1 heterocycles. The van der Waals surface area contributed by atoms with Crippen LogP contribution in [0.4, 0.5) is 10.5 Å². The Labute approximate surface area is 148 Å². The lowest BCUT2D eigenvalue weighted by Gasteiger charge is -2.26. The summed E-state index contributed by atoms with van der Waals surface area (Å²) in [7, 11) is 0. The molecule has 2 aromatic carbocycles. The average Bonchev–Trinajstić information content (AvgIpc) is 2.54. The van der Waals surface area contributed by atoms with Crippen LogP contribution in [0.2, 0.25) is 5.02 Å². The number of nitrogens with zero attached hydrogens (tertiary/aromatic N) is 1. The number of imide groups is 2. The number of barbiturate groups is 1. The molecule has 7 heteroatoms. The van der Waals surface area contributed by atoms with Crippen molar-refractivity contribution in [3.63, 3.8) is 0 Å². The second kappa shape index (κ2) is 6.41. The molecule has 0 aliphatic carbocycles. The Morgan fingerprint density at radius 2 is 1.88 bits per heavy atom. The number of halogens is 1. The summed E-state index contributed by atoms with van der Waals surface area (Å²) in [4.78, 5) is 37.8. The second-order valence-electron chi connectivity index (χ2n) is 5.51. The molecule has 0 bridgehead atoms. The zero-order valence-electron chi connectivity index (χ0n) is 13.1. The minimum atomic E-state index is -0.804. The van der Waals surface area contributed by atoms with Crippen molar-refractivity contribution in [3.8, 4) is 5.75 Å². The van der Waals surface area contributed by atoms with Gasteiger partial charge in [0.1, 0.15) is 11.3 Å². The number of phenols is 1. The highest BCUT2D eigenvalue weighted by atomic mass is 35.5. The largest absolute Gasteiger partial charge is 0.506 e. The molecular weight excluding hydrogens is 344 g/mol. The van der Waals surface area contributed by atoms with E-state index in [1.807, 2.05) is 13.0 Å². The van der Waals surface area contributed by atoms with Crippen molar-refractivity contribution in [1.29, 1.82) is 0 Å². The van der Waals surface area contributed by atoms with Gasteiger partial charge in [-0.15, -0.1) is 0 Å². The maximum Gasteiger partial charge on any atom is 0.335 e. The number of hydrogen-bond donors (Lipinski definition) is 2. The Morgan fingerprint density at radius 1 is 1.12 bits per heavy atom. The van der Waals surface area contributed by atoms with E-state index < -0.39 is 17.8 Å². The van der Waals surface area contributed by atoms with Crippen LogP contribution in [-0.4, -0.2) is 23.0 Å². The first-order valence-corrected chi connectivity index (χ1v) is 7.71. The molecule has 1 fully saturated rings. The number of anilines is 1. The molecule has 0 spiro atoms. The van der Waals surface area contributed by atoms with Gasteiger partial charge in [0.25, 0.3) is 11.8 Å². The Kier molecular flexibility index (Phi) is 4.29. The second-order valence-corrected chi connectivity index (χ2v) is 5.91. The van der Waals surface area contributed by atoms with Crippen LogP contribution in [0, 0.1) is 6.92 Å². The summed E-state index contributed by atoms with van der Waals surface area (Å²) in [6.45, 7) is 1.83. The molecule has 1 saturated heterocycles. The van der Waals surface area contributed by atoms with Gasteiger partial charge in [0.05, 0.1) is 10.7 Å². The van der Waals surface area contributed by atoms with Crippen molar-refractivity contribution in [2.45, 2.75) is 6.92 Å². The van der Waals surface area contributed by atoms with Gasteiger partial charge in [-0.1, -0.05) is 29.8 Å². The molecular formula is C18H13ClN2O4. The Hall–Kier alpha value is -3.12. The van der Waals surface area contributed by atoms with Crippen LogP contribution in [0.5, 0.6) is 5.75 Å². The lowest BCUT2D eigenvalue weighted by molar-refractivity contribution is -0.122. The van der Waals surface area contributed by atoms with Gasteiger partial charge in [-0.25, -0.2) is 9.69 Å². The van der Waals surface area contributed by atoms with E-state index in [-0.39, 0.29) is 16.3 Å². The van der Waals surface area contributed by atoms with Crippen LogP contribution >= 0.6 is 11.6 Å². The number of aryl methyl sites for hydroxylation is 1. The van der Waals surface area contributed by atoms with Crippen molar-refractivity contribution in [2.24, 2.45) is 0 Å². The van der Waals surface area contributed by atoms with Crippen molar-refractivity contribution in [2.75, 3.05) is 4.90 Å². The number of carbonyl (C=O) groups is 3. The van der Waals surface area contributed by atoms with Crippen LogP contribution in [0.3, 0.4) is 0 Å². The molecule has 0 saturated carbocycles. The van der Waals surface area contributed by atoms with E-state index in [4.69, 9.17) is 11.6 Å². The third-order valence-electron chi connectivity index (χ3n) is 3.64. The zero-order chi connectivity index (χ0) is 18.1. The van der Waals surface area contributed by atoms with Crippen molar-refractivity contribution >= 4 is 41.2 Å². The van der Waals surface area contributed by atoms with Gasteiger partial charge < -0.3 is 5.11 Å². The van der Waals surface area contributed by atoms with Gasteiger partial charge in [0.15, 0.2) is 0 Å². The molecule has 2 N–H and O–H groups in total. The summed E-state index contributed by atoms with van der Waals surface area (Å²) < 4.78 is 0. The fraction of sp³-hybridized carbons (Fsp3) is 0.0556. The first-order valence-electron chi connectivity index (χ1n) is 7.33. The van der Waals surface area contributed by atoms with Crippen molar-refractivity contribution in [1.82, 2.24) is 5.32 Å². The number of aromatic hydroxyl groups is 1. The van der Waals surface area contributed by atoms with E-state index >= 15 is 0 Å². The monoisotopic (exact) mass is 356 g/mol. The minimum absolute atomic E-state index is 0.0876. The Bertz CT molecular complexity index is 936. The first-order chi connectivity index (χ1) is 11.9. The predicted molar refractivity (Wildman–Crippen MR) is 93.3 cm³/mol. The lowest BCUT2D eigenvalue weighted by Crippen LogP contribution is -2.54. The molecule has 4 amide bonds. The van der Waals surface area contributed by atoms with E-state index in [0.29, 0.717) is 11.3 Å². The molecule has 6 nitrogen and oxygen atoms in total. The predicted octanol–water partition coefficient (Wildman–Crippen LogP) is 3.02. The number of rotatable bonds is 2. The van der Waals surface area contributed by atoms with E-state index in [1.54, 1.807) is 18.2 Å². The maximum atomic E-state index is 12.7. The molecule has 126 valence electrons. The molecule has 0 atom stereocenters.